The molecule has 72 valence electrons. The molecule has 1 aromatic carbocycles. The maximum absolute atomic E-state index is 11.1. The molecule has 0 amide bonds. The van der Waals surface area contributed by atoms with E-state index in [2.05, 4.69) is 4.98 Å². The molecule has 1 aromatic heterocycles. The second kappa shape index (κ2) is 3.64. The third-order valence-corrected chi connectivity index (χ3v) is 2.24. The van der Waals surface area contributed by atoms with Crippen molar-refractivity contribution in [3.05, 3.63) is 36.0 Å². The van der Waals surface area contributed by atoms with E-state index in [1.165, 1.54) is 0 Å². The molecule has 0 radical (unpaired) electrons. The highest BCUT2D eigenvalue weighted by Crippen LogP contribution is 2.17. The molecule has 0 spiro atoms. The first kappa shape index (κ1) is 8.97. The first-order valence-corrected chi connectivity index (χ1v) is 4.49. The van der Waals surface area contributed by atoms with E-state index < -0.39 is 0 Å². The van der Waals surface area contributed by atoms with Crippen LogP contribution in [0.3, 0.4) is 0 Å². The molecule has 0 aliphatic carbocycles. The van der Waals surface area contributed by atoms with Gasteiger partial charge < -0.3 is 10.1 Å². The number of aromatic amines is 1. The molecule has 0 aliphatic rings. The Kier molecular flexibility index (Phi) is 2.33. The summed E-state index contributed by atoms with van der Waals surface area (Å²) < 4.78 is 0. The largest absolute Gasteiger partial charge is 0.389 e. The molecule has 3 heteroatoms. The zero-order chi connectivity index (χ0) is 9.97. The van der Waals surface area contributed by atoms with Crippen LogP contribution in [0.2, 0.25) is 0 Å². The summed E-state index contributed by atoms with van der Waals surface area (Å²) in [5.74, 6) is -0.158. The van der Waals surface area contributed by atoms with Crippen LogP contribution >= 0.6 is 0 Å². The normalized spacial score (nSPS) is 10.6. The van der Waals surface area contributed by atoms with Gasteiger partial charge in [0.2, 0.25) is 0 Å². The third kappa shape index (κ3) is 1.54. The van der Waals surface area contributed by atoms with E-state index in [0.29, 0.717) is 6.42 Å². The molecule has 0 bridgehead atoms. The standard InChI is InChI=1S/C11H11NO2/c13-7-9(14)5-8-6-12-11-4-2-1-3-10(8)11/h1-4,6,12-13H,5,7H2. The van der Waals surface area contributed by atoms with E-state index >= 15 is 0 Å². The number of fused-ring (bicyclic) bond motifs is 1. The van der Waals surface area contributed by atoms with Gasteiger partial charge in [0.05, 0.1) is 0 Å². The number of hydrogen-bond acceptors (Lipinski definition) is 2. The van der Waals surface area contributed by atoms with Crippen molar-refractivity contribution in [2.24, 2.45) is 0 Å². The molecule has 0 aliphatic heterocycles. The molecule has 0 saturated carbocycles. The van der Waals surface area contributed by atoms with E-state index in [-0.39, 0.29) is 12.4 Å². The first-order valence-electron chi connectivity index (χ1n) is 4.49. The Labute approximate surface area is 81.4 Å². The van der Waals surface area contributed by atoms with Crippen LogP contribution in [-0.2, 0) is 11.2 Å². The lowest BCUT2D eigenvalue weighted by Crippen LogP contribution is -2.06. The SMILES string of the molecule is O=C(CO)Cc1c[nH]c2ccccc12. The zero-order valence-corrected chi connectivity index (χ0v) is 7.66. The lowest BCUT2D eigenvalue weighted by Gasteiger charge is -1.95. The maximum atomic E-state index is 11.1. The van der Waals surface area contributed by atoms with Gasteiger partial charge >= 0.3 is 0 Å². The summed E-state index contributed by atoms with van der Waals surface area (Å²) in [4.78, 5) is 14.1. The van der Waals surface area contributed by atoms with Crippen LogP contribution in [0.4, 0.5) is 0 Å². The summed E-state index contributed by atoms with van der Waals surface area (Å²) in [6, 6.07) is 7.80. The van der Waals surface area contributed by atoms with Gasteiger partial charge in [0, 0.05) is 23.5 Å². The van der Waals surface area contributed by atoms with Crippen LogP contribution in [0.5, 0.6) is 0 Å². The number of Topliss-reactive ketones (excluding diaryl/α,β-unsaturated/α-hetero) is 1. The summed E-state index contributed by atoms with van der Waals surface area (Å²) in [5, 5.41) is 9.70. The van der Waals surface area contributed by atoms with Crippen molar-refractivity contribution >= 4 is 16.7 Å². The third-order valence-electron chi connectivity index (χ3n) is 2.24. The second-order valence-electron chi connectivity index (χ2n) is 3.23. The molecule has 2 rings (SSSR count). The minimum absolute atomic E-state index is 0.158. The number of carbonyl (C=O) groups excluding carboxylic acids is 1. The number of para-hydroxylation sites is 1. The summed E-state index contributed by atoms with van der Waals surface area (Å²) >= 11 is 0. The Morgan fingerprint density at radius 1 is 1.36 bits per heavy atom. The fourth-order valence-electron chi connectivity index (χ4n) is 1.55. The number of ketones is 1. The monoisotopic (exact) mass is 189 g/mol. The van der Waals surface area contributed by atoms with Crippen molar-refractivity contribution in [2.75, 3.05) is 6.61 Å². The topological polar surface area (TPSA) is 53.1 Å². The Morgan fingerprint density at radius 2 is 2.14 bits per heavy atom. The van der Waals surface area contributed by atoms with E-state index in [4.69, 9.17) is 5.11 Å². The van der Waals surface area contributed by atoms with Crippen LogP contribution in [0.1, 0.15) is 5.56 Å². The predicted octanol–water partition coefficient (Wildman–Crippen LogP) is 1.27. The number of hydrogen-bond donors (Lipinski definition) is 2. The summed E-state index contributed by atoms with van der Waals surface area (Å²) in [5.41, 5.74) is 1.97. The number of carbonyl (C=O) groups is 1. The lowest BCUT2D eigenvalue weighted by molar-refractivity contribution is -0.121. The van der Waals surface area contributed by atoms with Crippen molar-refractivity contribution < 1.29 is 9.90 Å². The smallest absolute Gasteiger partial charge is 0.162 e. The summed E-state index contributed by atoms with van der Waals surface area (Å²) in [6.07, 6.45) is 2.11. The van der Waals surface area contributed by atoms with Crippen LogP contribution in [0.15, 0.2) is 30.5 Å². The van der Waals surface area contributed by atoms with Gasteiger partial charge in [-0.3, -0.25) is 4.79 Å². The van der Waals surface area contributed by atoms with Gasteiger partial charge in [-0.05, 0) is 11.6 Å². The van der Waals surface area contributed by atoms with E-state index in [1.807, 2.05) is 30.5 Å². The van der Waals surface area contributed by atoms with E-state index in [0.717, 1.165) is 16.5 Å². The van der Waals surface area contributed by atoms with Crippen LogP contribution in [0.25, 0.3) is 10.9 Å². The number of rotatable bonds is 3. The molecule has 0 saturated heterocycles. The van der Waals surface area contributed by atoms with Gasteiger partial charge in [0.25, 0.3) is 0 Å². The van der Waals surface area contributed by atoms with Gasteiger partial charge in [-0.1, -0.05) is 18.2 Å². The summed E-state index contributed by atoms with van der Waals surface area (Å²) in [7, 11) is 0. The highest BCUT2D eigenvalue weighted by molar-refractivity contribution is 5.90. The lowest BCUT2D eigenvalue weighted by atomic mass is 10.1. The van der Waals surface area contributed by atoms with Crippen molar-refractivity contribution in [1.29, 1.82) is 0 Å². The van der Waals surface area contributed by atoms with Gasteiger partial charge in [-0.2, -0.15) is 0 Å². The quantitative estimate of drug-likeness (QED) is 0.764. The van der Waals surface area contributed by atoms with Gasteiger partial charge in [-0.15, -0.1) is 0 Å². The fraction of sp³-hybridized carbons (Fsp3) is 0.182. The highest BCUT2D eigenvalue weighted by atomic mass is 16.3. The van der Waals surface area contributed by atoms with Gasteiger partial charge in [0.15, 0.2) is 5.78 Å². The molecule has 0 atom stereocenters. The fourth-order valence-corrected chi connectivity index (χ4v) is 1.55. The molecule has 3 nitrogen and oxygen atoms in total. The Balaban J connectivity index is 2.38. The molecule has 2 N–H and O–H groups in total. The average molecular weight is 189 g/mol. The first-order chi connectivity index (χ1) is 6.81. The van der Waals surface area contributed by atoms with Crippen molar-refractivity contribution in [3.8, 4) is 0 Å². The maximum Gasteiger partial charge on any atom is 0.162 e. The van der Waals surface area contributed by atoms with Crippen LogP contribution in [0, 0.1) is 0 Å². The minimum atomic E-state index is -0.389. The average Bonchev–Trinajstić information content (AvgIpc) is 2.62. The molecule has 2 aromatic rings. The Morgan fingerprint density at radius 3 is 2.93 bits per heavy atom. The predicted molar refractivity (Wildman–Crippen MR) is 54.1 cm³/mol. The molecular formula is C11H11NO2. The number of H-pyrrole nitrogens is 1. The molecule has 0 fully saturated rings. The number of nitrogens with one attached hydrogen (secondary N) is 1. The van der Waals surface area contributed by atoms with Crippen molar-refractivity contribution in [1.82, 2.24) is 4.98 Å². The van der Waals surface area contributed by atoms with Crippen LogP contribution in [-0.4, -0.2) is 22.5 Å². The number of aliphatic hydroxyl groups is 1. The highest BCUT2D eigenvalue weighted by Gasteiger charge is 2.06. The van der Waals surface area contributed by atoms with E-state index in [9.17, 15) is 4.79 Å². The Bertz CT molecular complexity index is 459. The second-order valence-corrected chi connectivity index (χ2v) is 3.23. The number of benzene rings is 1. The summed E-state index contributed by atoms with van der Waals surface area (Å²) in [6.45, 7) is -0.389. The van der Waals surface area contributed by atoms with Crippen LogP contribution < -0.4 is 0 Å². The molecular weight excluding hydrogens is 178 g/mol. The molecule has 14 heavy (non-hydrogen) atoms. The number of aromatic nitrogens is 1. The van der Waals surface area contributed by atoms with E-state index in [1.54, 1.807) is 0 Å². The Hall–Kier alpha value is -1.61. The zero-order valence-electron chi connectivity index (χ0n) is 7.66. The molecule has 0 unspecified atom stereocenters. The number of aliphatic hydroxyl groups excluding tert-OH is 1. The van der Waals surface area contributed by atoms with Gasteiger partial charge in [-0.25, -0.2) is 0 Å². The van der Waals surface area contributed by atoms with Crippen molar-refractivity contribution in [2.45, 2.75) is 6.42 Å². The van der Waals surface area contributed by atoms with Crippen molar-refractivity contribution in [3.63, 3.8) is 0 Å². The van der Waals surface area contributed by atoms with Gasteiger partial charge in [0.1, 0.15) is 6.61 Å². The molecule has 1 heterocycles. The minimum Gasteiger partial charge on any atom is -0.389 e.